The number of nitrogens with zero attached hydrogens (tertiary/aromatic N) is 2. The van der Waals surface area contributed by atoms with Crippen LogP contribution in [0.5, 0.6) is 0 Å². The van der Waals surface area contributed by atoms with E-state index in [-0.39, 0.29) is 24.4 Å². The normalized spacial score (nSPS) is 23.3. The van der Waals surface area contributed by atoms with Crippen LogP contribution in [0.1, 0.15) is 12.1 Å². The minimum Gasteiger partial charge on any atom is -0.396 e. The highest BCUT2D eigenvalue weighted by Crippen LogP contribution is 2.27. The van der Waals surface area contributed by atoms with Gasteiger partial charge in [0.2, 0.25) is 0 Å². The highest BCUT2D eigenvalue weighted by atomic mass is 19.4. The molecule has 1 heterocycles. The molecule has 0 radical (unpaired) electrons. The molecule has 1 aromatic rings. The summed E-state index contributed by atoms with van der Waals surface area (Å²) in [4.78, 5) is 0. The van der Waals surface area contributed by atoms with E-state index in [1.54, 1.807) is 0 Å². The van der Waals surface area contributed by atoms with Crippen molar-refractivity contribution in [3.05, 3.63) is 30.0 Å². The van der Waals surface area contributed by atoms with Crippen LogP contribution < -0.4 is 5.32 Å². The van der Waals surface area contributed by atoms with E-state index in [0.717, 1.165) is 6.07 Å². The molecular formula is C11H12F3N3O. The molecule has 0 amide bonds. The van der Waals surface area contributed by atoms with Crippen LogP contribution in [0, 0.1) is 5.92 Å². The third-order valence-corrected chi connectivity index (χ3v) is 2.70. The summed E-state index contributed by atoms with van der Waals surface area (Å²) in [5.41, 5.74) is -1.01. The van der Waals surface area contributed by atoms with Crippen LogP contribution in [0.15, 0.2) is 24.3 Å². The van der Waals surface area contributed by atoms with Crippen molar-refractivity contribution in [3.63, 3.8) is 0 Å². The van der Waals surface area contributed by atoms with Crippen molar-refractivity contribution < 1.29 is 18.3 Å². The van der Waals surface area contributed by atoms with Crippen LogP contribution >= 0.6 is 0 Å². The van der Waals surface area contributed by atoms with E-state index < -0.39 is 11.9 Å². The fraction of sp³-hybridized carbons (Fsp3) is 0.455. The summed E-state index contributed by atoms with van der Waals surface area (Å²) in [7, 11) is 0. The SMILES string of the molecule is OC[C@H]1C=C[C@@H](Nc2ccc(C(F)(F)F)nn2)C1. The Balaban J connectivity index is 1.97. The summed E-state index contributed by atoms with van der Waals surface area (Å²) in [5.74, 6) is 0.376. The Morgan fingerprint density at radius 3 is 2.56 bits per heavy atom. The summed E-state index contributed by atoms with van der Waals surface area (Å²) < 4.78 is 36.8. The number of anilines is 1. The minimum atomic E-state index is -4.47. The van der Waals surface area contributed by atoms with Crippen molar-refractivity contribution >= 4 is 5.82 Å². The number of hydrogen-bond donors (Lipinski definition) is 2. The molecule has 2 N–H and O–H groups in total. The fourth-order valence-electron chi connectivity index (χ4n) is 1.77. The van der Waals surface area contributed by atoms with Gasteiger partial charge in [-0.25, -0.2) is 0 Å². The van der Waals surface area contributed by atoms with Crippen LogP contribution in [-0.2, 0) is 6.18 Å². The van der Waals surface area contributed by atoms with Gasteiger partial charge in [-0.1, -0.05) is 12.2 Å². The van der Waals surface area contributed by atoms with Gasteiger partial charge in [0.25, 0.3) is 0 Å². The summed E-state index contributed by atoms with van der Waals surface area (Å²) in [6.45, 7) is 0.0629. The molecule has 0 bridgehead atoms. The van der Waals surface area contributed by atoms with Crippen LogP contribution in [0.3, 0.4) is 0 Å². The molecule has 0 aliphatic heterocycles. The first-order chi connectivity index (χ1) is 8.49. The lowest BCUT2D eigenvalue weighted by atomic mass is 10.1. The Hall–Kier alpha value is -1.63. The molecule has 0 saturated heterocycles. The van der Waals surface area contributed by atoms with Gasteiger partial charge in [-0.15, -0.1) is 10.2 Å². The van der Waals surface area contributed by atoms with Crippen molar-refractivity contribution in [2.24, 2.45) is 5.92 Å². The third-order valence-electron chi connectivity index (χ3n) is 2.70. The van der Waals surface area contributed by atoms with Crippen LogP contribution in [0.4, 0.5) is 19.0 Å². The molecule has 18 heavy (non-hydrogen) atoms. The average molecular weight is 259 g/mol. The van der Waals surface area contributed by atoms with E-state index in [4.69, 9.17) is 5.11 Å². The van der Waals surface area contributed by atoms with Gasteiger partial charge in [0.05, 0.1) is 0 Å². The van der Waals surface area contributed by atoms with Crippen LogP contribution in [0.25, 0.3) is 0 Å². The maximum atomic E-state index is 12.3. The first-order valence-electron chi connectivity index (χ1n) is 5.45. The molecule has 4 nitrogen and oxygen atoms in total. The highest BCUT2D eigenvalue weighted by Gasteiger charge is 2.33. The van der Waals surface area contributed by atoms with Crippen LogP contribution in [-0.4, -0.2) is 28.0 Å². The maximum absolute atomic E-state index is 12.3. The van der Waals surface area contributed by atoms with Gasteiger partial charge in [-0.05, 0) is 18.6 Å². The lowest BCUT2D eigenvalue weighted by Crippen LogP contribution is -2.18. The van der Waals surface area contributed by atoms with Gasteiger partial charge in [0.1, 0.15) is 5.82 Å². The first kappa shape index (κ1) is 12.8. The number of rotatable bonds is 3. The molecule has 0 aromatic carbocycles. The quantitative estimate of drug-likeness (QED) is 0.813. The predicted molar refractivity (Wildman–Crippen MR) is 58.8 cm³/mol. The number of nitrogens with one attached hydrogen (secondary N) is 1. The van der Waals surface area contributed by atoms with Gasteiger partial charge < -0.3 is 10.4 Å². The van der Waals surface area contributed by atoms with Crippen molar-refractivity contribution in [1.29, 1.82) is 0 Å². The van der Waals surface area contributed by atoms with E-state index in [1.165, 1.54) is 6.07 Å². The molecule has 7 heteroatoms. The summed E-state index contributed by atoms with van der Waals surface area (Å²) in [6, 6.07) is 2.10. The van der Waals surface area contributed by atoms with Gasteiger partial charge in [0, 0.05) is 18.6 Å². The van der Waals surface area contributed by atoms with E-state index in [0.29, 0.717) is 6.42 Å². The van der Waals surface area contributed by atoms with Crippen molar-refractivity contribution in [2.45, 2.75) is 18.6 Å². The monoisotopic (exact) mass is 259 g/mol. The van der Waals surface area contributed by atoms with Crippen LogP contribution in [0.2, 0.25) is 0 Å². The maximum Gasteiger partial charge on any atom is 0.435 e. The van der Waals surface area contributed by atoms with E-state index >= 15 is 0 Å². The number of alkyl halides is 3. The second kappa shape index (κ2) is 4.93. The number of hydrogen-bond acceptors (Lipinski definition) is 4. The van der Waals surface area contributed by atoms with Gasteiger partial charge in [0.15, 0.2) is 5.69 Å². The number of halogens is 3. The zero-order valence-electron chi connectivity index (χ0n) is 9.35. The Labute approximate surface area is 102 Å². The fourth-order valence-corrected chi connectivity index (χ4v) is 1.77. The van der Waals surface area contributed by atoms with Gasteiger partial charge >= 0.3 is 6.18 Å². The summed E-state index contributed by atoms with van der Waals surface area (Å²) >= 11 is 0. The third kappa shape index (κ3) is 2.98. The molecule has 0 fully saturated rings. The minimum absolute atomic E-state index is 0.0341. The standard InChI is InChI=1S/C11H12F3N3O/c12-11(13,14)9-3-4-10(17-16-9)15-8-2-1-7(5-8)6-18/h1-4,7-8,18H,5-6H2,(H,15,17)/t7-,8+/m0/s1. The molecule has 2 atom stereocenters. The van der Waals surface area contributed by atoms with Crippen molar-refractivity contribution in [2.75, 3.05) is 11.9 Å². The molecular weight excluding hydrogens is 247 g/mol. The molecule has 0 spiro atoms. The number of aliphatic hydroxyl groups is 1. The Kier molecular flexibility index (Phi) is 3.51. The first-order valence-corrected chi connectivity index (χ1v) is 5.45. The van der Waals surface area contributed by atoms with E-state index in [2.05, 4.69) is 15.5 Å². The summed E-state index contributed by atoms with van der Waals surface area (Å²) in [5, 5.41) is 18.5. The topological polar surface area (TPSA) is 58.0 Å². The lowest BCUT2D eigenvalue weighted by Gasteiger charge is -2.13. The number of aliphatic hydroxyl groups excluding tert-OH is 1. The van der Waals surface area contributed by atoms with Crippen molar-refractivity contribution in [3.8, 4) is 0 Å². The smallest absolute Gasteiger partial charge is 0.396 e. The van der Waals surface area contributed by atoms with E-state index in [9.17, 15) is 13.2 Å². The predicted octanol–water partition coefficient (Wildman–Crippen LogP) is 1.84. The average Bonchev–Trinajstić information content (AvgIpc) is 2.76. The zero-order valence-corrected chi connectivity index (χ0v) is 9.35. The molecule has 1 aliphatic rings. The molecule has 1 aliphatic carbocycles. The van der Waals surface area contributed by atoms with Gasteiger partial charge in [-0.3, -0.25) is 0 Å². The lowest BCUT2D eigenvalue weighted by molar-refractivity contribution is -0.141. The second-order valence-electron chi connectivity index (χ2n) is 4.12. The van der Waals surface area contributed by atoms with Gasteiger partial charge in [-0.2, -0.15) is 13.2 Å². The Bertz CT molecular complexity index is 430. The number of aromatic nitrogens is 2. The second-order valence-corrected chi connectivity index (χ2v) is 4.12. The molecule has 1 aromatic heterocycles. The molecule has 0 saturated carbocycles. The highest BCUT2D eigenvalue weighted by molar-refractivity contribution is 5.37. The Morgan fingerprint density at radius 1 is 1.28 bits per heavy atom. The molecule has 2 rings (SSSR count). The Morgan fingerprint density at radius 2 is 2.06 bits per heavy atom. The van der Waals surface area contributed by atoms with Crippen molar-refractivity contribution in [1.82, 2.24) is 10.2 Å². The molecule has 0 unspecified atom stereocenters. The zero-order chi connectivity index (χ0) is 13.2. The summed E-state index contributed by atoms with van der Waals surface area (Å²) in [6.07, 6.45) is -0.0462. The largest absolute Gasteiger partial charge is 0.435 e. The molecule has 98 valence electrons. The van der Waals surface area contributed by atoms with E-state index in [1.807, 2.05) is 12.2 Å².